The van der Waals surface area contributed by atoms with Crippen LogP contribution in [0.15, 0.2) is 60.7 Å². The van der Waals surface area contributed by atoms with Crippen molar-refractivity contribution in [2.24, 2.45) is 0 Å². The van der Waals surface area contributed by atoms with Gasteiger partial charge < -0.3 is 0 Å². The summed E-state index contributed by atoms with van der Waals surface area (Å²) in [6.07, 6.45) is 2.77. The molecule has 0 bridgehead atoms. The summed E-state index contributed by atoms with van der Waals surface area (Å²) >= 11 is 0. The van der Waals surface area contributed by atoms with Gasteiger partial charge in [0.05, 0.1) is 8.07 Å². The Bertz CT molecular complexity index is 520. The van der Waals surface area contributed by atoms with Gasteiger partial charge in [-0.1, -0.05) is 84.9 Å². The summed E-state index contributed by atoms with van der Waals surface area (Å²) in [5, 5.41) is 1.65. The van der Waals surface area contributed by atoms with E-state index in [1.54, 1.807) is 10.8 Å². The third-order valence-corrected chi connectivity index (χ3v) is 9.30. The number of hydrogen-bond acceptors (Lipinski definition) is 0. The maximum atomic E-state index is 2.58. The zero-order valence-corrected chi connectivity index (χ0v) is 12.7. The molecule has 1 heterocycles. The fourth-order valence-corrected chi connectivity index (χ4v) is 7.84. The van der Waals surface area contributed by atoms with Gasteiger partial charge >= 0.3 is 0 Å². The fraction of sp³-hybridized carbons (Fsp3) is 0.333. The largest absolute Gasteiger partial charge is 0.0842 e. The summed E-state index contributed by atoms with van der Waals surface area (Å²) < 4.78 is 0. The first-order valence-corrected chi connectivity index (χ1v) is 10.3. The first-order valence-electron chi connectivity index (χ1n) is 7.38. The van der Waals surface area contributed by atoms with Gasteiger partial charge in [-0.25, -0.2) is 0 Å². The van der Waals surface area contributed by atoms with E-state index in [0.29, 0.717) is 0 Å². The Morgan fingerprint density at radius 1 is 0.895 bits per heavy atom. The van der Waals surface area contributed by atoms with Gasteiger partial charge in [-0.2, -0.15) is 0 Å². The molecule has 0 aromatic heterocycles. The van der Waals surface area contributed by atoms with E-state index >= 15 is 0 Å². The third kappa shape index (κ3) is 2.66. The summed E-state index contributed by atoms with van der Waals surface area (Å²) in [6.45, 7) is 2.58. The highest BCUT2D eigenvalue weighted by Crippen LogP contribution is 2.38. The molecule has 2 aromatic rings. The number of hydrogen-bond donors (Lipinski definition) is 0. The van der Waals surface area contributed by atoms with Crippen LogP contribution in [-0.2, 0) is 0 Å². The van der Waals surface area contributed by atoms with Crippen molar-refractivity contribution in [1.29, 1.82) is 0 Å². The maximum absolute atomic E-state index is 2.58. The van der Waals surface area contributed by atoms with Crippen molar-refractivity contribution < 1.29 is 0 Å². The predicted molar refractivity (Wildman–Crippen MR) is 85.7 cm³/mol. The molecule has 1 saturated heterocycles. The lowest BCUT2D eigenvalue weighted by molar-refractivity contribution is 0.621. The van der Waals surface area contributed by atoms with E-state index in [0.717, 1.165) is 5.92 Å². The zero-order chi connectivity index (χ0) is 13.1. The first-order chi connectivity index (χ1) is 9.28. The smallest absolute Gasteiger partial charge is 0.0652 e. The summed E-state index contributed by atoms with van der Waals surface area (Å²) in [5.74, 6) is 0.784. The van der Waals surface area contributed by atoms with Gasteiger partial charge in [0.1, 0.15) is 0 Å². The van der Waals surface area contributed by atoms with Crippen molar-refractivity contribution in [2.75, 3.05) is 0 Å². The Morgan fingerprint density at radius 3 is 2.21 bits per heavy atom. The molecule has 1 heteroatoms. The van der Waals surface area contributed by atoms with Crippen LogP contribution in [0.2, 0.25) is 18.6 Å². The van der Waals surface area contributed by atoms with Crippen LogP contribution in [0.1, 0.15) is 24.3 Å². The third-order valence-electron chi connectivity index (χ3n) is 4.72. The lowest BCUT2D eigenvalue weighted by Gasteiger charge is -2.37. The summed E-state index contributed by atoms with van der Waals surface area (Å²) in [5.41, 5.74) is 1.55. The molecule has 0 aliphatic carbocycles. The van der Waals surface area contributed by atoms with Crippen LogP contribution in [0.4, 0.5) is 0 Å². The van der Waals surface area contributed by atoms with Crippen molar-refractivity contribution in [3.05, 3.63) is 66.2 Å². The van der Waals surface area contributed by atoms with Gasteiger partial charge in [0.25, 0.3) is 0 Å². The minimum atomic E-state index is -1.26. The molecule has 2 unspecified atom stereocenters. The van der Waals surface area contributed by atoms with Crippen LogP contribution in [0.25, 0.3) is 0 Å². The summed E-state index contributed by atoms with van der Waals surface area (Å²) in [4.78, 5) is 0. The Morgan fingerprint density at radius 2 is 1.53 bits per heavy atom. The second-order valence-electron chi connectivity index (χ2n) is 6.13. The van der Waals surface area contributed by atoms with Crippen molar-refractivity contribution in [3.63, 3.8) is 0 Å². The summed E-state index contributed by atoms with van der Waals surface area (Å²) in [6, 6.07) is 25.3. The highest BCUT2D eigenvalue weighted by atomic mass is 28.3. The van der Waals surface area contributed by atoms with E-state index < -0.39 is 8.07 Å². The molecular formula is C18H22Si. The average Bonchev–Trinajstić information content (AvgIpc) is 2.49. The summed E-state index contributed by atoms with van der Waals surface area (Å²) in [7, 11) is -1.26. The average molecular weight is 266 g/mol. The van der Waals surface area contributed by atoms with Gasteiger partial charge in [-0.15, -0.1) is 0 Å². The van der Waals surface area contributed by atoms with E-state index in [1.165, 1.54) is 24.9 Å². The van der Waals surface area contributed by atoms with Gasteiger partial charge in [0.2, 0.25) is 0 Å². The molecule has 0 N–H and O–H groups in total. The molecule has 0 nitrogen and oxygen atoms in total. The molecule has 98 valence electrons. The molecule has 3 rings (SSSR count). The minimum absolute atomic E-state index is 0.784. The van der Waals surface area contributed by atoms with Crippen LogP contribution in [0.5, 0.6) is 0 Å². The quantitative estimate of drug-likeness (QED) is 0.700. The molecule has 0 spiro atoms. The van der Waals surface area contributed by atoms with Gasteiger partial charge in [-0.3, -0.25) is 0 Å². The maximum Gasteiger partial charge on any atom is 0.0842 e. The van der Waals surface area contributed by atoms with Crippen LogP contribution in [-0.4, -0.2) is 8.07 Å². The van der Waals surface area contributed by atoms with E-state index in [2.05, 4.69) is 67.2 Å². The standard InChI is InChI=1S/C18H22Si/c1-19(18-12-6-3-7-13-18)14-8-11-17(15-19)16-9-4-2-5-10-16/h2-7,9-10,12-13,17H,8,11,14-15H2,1H3. The minimum Gasteiger partial charge on any atom is -0.0652 e. The predicted octanol–water partition coefficient (Wildman–Crippen LogP) is 4.55. The Kier molecular flexibility index (Phi) is 3.56. The van der Waals surface area contributed by atoms with E-state index in [1.807, 2.05) is 0 Å². The highest BCUT2D eigenvalue weighted by molar-refractivity contribution is 6.91. The molecule has 0 saturated carbocycles. The number of rotatable bonds is 2. The van der Waals surface area contributed by atoms with E-state index in [9.17, 15) is 0 Å². The lowest BCUT2D eigenvalue weighted by atomic mass is 9.96. The first kappa shape index (κ1) is 12.7. The van der Waals surface area contributed by atoms with Crippen LogP contribution < -0.4 is 5.19 Å². The normalized spacial score (nSPS) is 27.1. The molecule has 2 aromatic carbocycles. The molecule has 19 heavy (non-hydrogen) atoms. The molecule has 0 radical (unpaired) electrons. The molecule has 2 atom stereocenters. The van der Waals surface area contributed by atoms with Gasteiger partial charge in [-0.05, 0) is 23.9 Å². The highest BCUT2D eigenvalue weighted by Gasteiger charge is 2.35. The van der Waals surface area contributed by atoms with E-state index in [-0.39, 0.29) is 0 Å². The van der Waals surface area contributed by atoms with Crippen LogP contribution in [0, 0.1) is 0 Å². The van der Waals surface area contributed by atoms with Crippen LogP contribution in [0.3, 0.4) is 0 Å². The molecular weight excluding hydrogens is 244 g/mol. The van der Waals surface area contributed by atoms with Gasteiger partial charge in [0.15, 0.2) is 0 Å². The Balaban J connectivity index is 1.86. The lowest BCUT2D eigenvalue weighted by Crippen LogP contribution is -2.47. The molecule has 1 aliphatic rings. The Labute approximate surface area is 117 Å². The van der Waals surface area contributed by atoms with Crippen molar-refractivity contribution in [3.8, 4) is 0 Å². The van der Waals surface area contributed by atoms with Crippen molar-refractivity contribution in [1.82, 2.24) is 0 Å². The molecule has 0 amide bonds. The number of benzene rings is 2. The topological polar surface area (TPSA) is 0 Å². The Hall–Kier alpha value is -1.34. The zero-order valence-electron chi connectivity index (χ0n) is 11.7. The van der Waals surface area contributed by atoms with Crippen molar-refractivity contribution >= 4 is 13.3 Å². The molecule has 1 fully saturated rings. The van der Waals surface area contributed by atoms with E-state index in [4.69, 9.17) is 0 Å². The second-order valence-corrected chi connectivity index (χ2v) is 10.7. The SMILES string of the molecule is C[Si]1(c2ccccc2)CCCC(c2ccccc2)C1. The monoisotopic (exact) mass is 266 g/mol. The second kappa shape index (κ2) is 5.34. The molecule has 1 aliphatic heterocycles. The van der Waals surface area contributed by atoms with Gasteiger partial charge in [0, 0.05) is 0 Å². The fourth-order valence-electron chi connectivity index (χ4n) is 3.60. The van der Waals surface area contributed by atoms with Crippen LogP contribution >= 0.6 is 0 Å². The van der Waals surface area contributed by atoms with Crippen molar-refractivity contribution in [2.45, 2.75) is 37.4 Å².